The van der Waals surface area contributed by atoms with Gasteiger partial charge in [-0.25, -0.2) is 4.79 Å². The van der Waals surface area contributed by atoms with Crippen LogP contribution in [0.4, 0.5) is 16.2 Å². The van der Waals surface area contributed by atoms with Gasteiger partial charge in [-0.1, -0.05) is 0 Å². The molecule has 1 aliphatic heterocycles. The molecule has 0 aromatic heterocycles. The molecule has 0 saturated carbocycles. The lowest BCUT2D eigenvalue weighted by atomic mass is 10.2. The molecule has 8 heteroatoms. The lowest BCUT2D eigenvalue weighted by Crippen LogP contribution is -2.36. The van der Waals surface area contributed by atoms with Crippen LogP contribution in [0.1, 0.15) is 0 Å². The summed E-state index contributed by atoms with van der Waals surface area (Å²) in [6.07, 6.45) is 0. The van der Waals surface area contributed by atoms with Gasteiger partial charge in [-0.05, 0) is 18.2 Å². The number of nitrogens with one attached hydrogen (secondary N) is 3. The first-order valence-corrected chi connectivity index (χ1v) is 5.44. The number of benzene rings is 1. The predicted molar refractivity (Wildman–Crippen MR) is 66.8 cm³/mol. The third-order valence-electron chi connectivity index (χ3n) is 2.32. The molecule has 1 aromatic rings. The molecule has 0 fully saturated rings. The Labute approximate surface area is 108 Å². The summed E-state index contributed by atoms with van der Waals surface area (Å²) in [5.74, 6) is -0.152. The maximum Gasteiger partial charge on any atom is 0.312 e. The highest BCUT2D eigenvalue weighted by Gasteiger charge is 2.16. The Morgan fingerprint density at radius 3 is 2.95 bits per heavy atom. The van der Waals surface area contributed by atoms with E-state index in [9.17, 15) is 14.4 Å². The van der Waals surface area contributed by atoms with E-state index >= 15 is 0 Å². The van der Waals surface area contributed by atoms with E-state index in [0.29, 0.717) is 17.1 Å². The summed E-state index contributed by atoms with van der Waals surface area (Å²) in [5.41, 5.74) is 5.80. The van der Waals surface area contributed by atoms with Crippen molar-refractivity contribution in [3.05, 3.63) is 18.2 Å². The van der Waals surface area contributed by atoms with Gasteiger partial charge in [-0.3, -0.25) is 9.59 Å². The Bertz CT molecular complexity index is 543. The van der Waals surface area contributed by atoms with Gasteiger partial charge in [-0.2, -0.15) is 0 Å². The standard InChI is InChI=1S/C11H12N4O4/c12-11(18)13-4-9(16)14-6-1-2-8-7(3-6)15-10(17)5-19-8/h1-3H,4-5H2,(H,14,16)(H,15,17)(H3,12,13,18). The molecular weight excluding hydrogens is 252 g/mol. The topological polar surface area (TPSA) is 123 Å². The average Bonchev–Trinajstić information content (AvgIpc) is 2.36. The normalized spacial score (nSPS) is 12.7. The molecule has 5 N–H and O–H groups in total. The quantitative estimate of drug-likeness (QED) is 0.594. The first kappa shape index (κ1) is 12.7. The average molecular weight is 264 g/mol. The van der Waals surface area contributed by atoms with Gasteiger partial charge >= 0.3 is 6.03 Å². The summed E-state index contributed by atoms with van der Waals surface area (Å²) in [7, 11) is 0. The van der Waals surface area contributed by atoms with E-state index in [2.05, 4.69) is 16.0 Å². The monoisotopic (exact) mass is 264 g/mol. The van der Waals surface area contributed by atoms with Crippen LogP contribution in [0, 0.1) is 0 Å². The molecule has 0 aliphatic carbocycles. The SMILES string of the molecule is NC(=O)NCC(=O)Nc1ccc2c(c1)NC(=O)CO2. The number of primary amides is 1. The molecule has 0 radical (unpaired) electrons. The van der Waals surface area contributed by atoms with E-state index in [-0.39, 0.29) is 19.1 Å². The third kappa shape index (κ3) is 3.35. The van der Waals surface area contributed by atoms with Gasteiger partial charge in [-0.15, -0.1) is 0 Å². The van der Waals surface area contributed by atoms with Gasteiger partial charge in [0.25, 0.3) is 5.91 Å². The highest BCUT2D eigenvalue weighted by atomic mass is 16.5. The predicted octanol–water partition coefficient (Wildman–Crippen LogP) is -0.376. The minimum Gasteiger partial charge on any atom is -0.482 e. The number of nitrogens with two attached hydrogens (primary N) is 1. The van der Waals surface area contributed by atoms with Gasteiger partial charge in [0.05, 0.1) is 12.2 Å². The molecule has 1 aromatic carbocycles. The van der Waals surface area contributed by atoms with Crippen molar-refractivity contribution in [2.45, 2.75) is 0 Å². The van der Waals surface area contributed by atoms with Crippen LogP contribution < -0.4 is 26.4 Å². The second-order valence-electron chi connectivity index (χ2n) is 3.81. The number of amides is 4. The Kier molecular flexibility index (Phi) is 3.51. The van der Waals surface area contributed by atoms with Crippen molar-refractivity contribution >= 4 is 29.2 Å². The number of ether oxygens (including phenoxy) is 1. The van der Waals surface area contributed by atoms with Gasteiger partial charge in [0.1, 0.15) is 5.75 Å². The number of carbonyl (C=O) groups is 3. The first-order valence-electron chi connectivity index (χ1n) is 5.44. The number of carbonyl (C=O) groups excluding carboxylic acids is 3. The zero-order valence-electron chi connectivity index (χ0n) is 9.86. The van der Waals surface area contributed by atoms with E-state index in [0.717, 1.165) is 0 Å². The number of urea groups is 1. The molecule has 0 saturated heterocycles. The highest BCUT2D eigenvalue weighted by Crippen LogP contribution is 2.30. The number of rotatable bonds is 3. The molecular formula is C11H12N4O4. The zero-order valence-corrected chi connectivity index (χ0v) is 9.86. The minimum atomic E-state index is -0.777. The molecule has 0 spiro atoms. The number of anilines is 2. The smallest absolute Gasteiger partial charge is 0.312 e. The van der Waals surface area contributed by atoms with Gasteiger partial charge < -0.3 is 26.4 Å². The van der Waals surface area contributed by atoms with E-state index in [1.165, 1.54) is 0 Å². The number of fused-ring (bicyclic) bond motifs is 1. The maximum atomic E-state index is 11.4. The van der Waals surface area contributed by atoms with Crippen molar-refractivity contribution in [1.29, 1.82) is 0 Å². The molecule has 4 amide bonds. The van der Waals surface area contributed by atoms with Crippen LogP contribution in [0.25, 0.3) is 0 Å². The number of hydrogen-bond acceptors (Lipinski definition) is 4. The summed E-state index contributed by atoms with van der Waals surface area (Å²) in [4.78, 5) is 33.1. The van der Waals surface area contributed by atoms with Crippen molar-refractivity contribution < 1.29 is 19.1 Å². The summed E-state index contributed by atoms with van der Waals surface area (Å²) >= 11 is 0. The van der Waals surface area contributed by atoms with Crippen LogP contribution in [-0.4, -0.2) is 31.0 Å². The van der Waals surface area contributed by atoms with E-state index < -0.39 is 11.9 Å². The summed E-state index contributed by atoms with van der Waals surface area (Å²) < 4.78 is 5.18. The fourth-order valence-electron chi connectivity index (χ4n) is 1.53. The second-order valence-corrected chi connectivity index (χ2v) is 3.81. The van der Waals surface area contributed by atoms with Crippen molar-refractivity contribution in [2.24, 2.45) is 5.73 Å². The highest BCUT2D eigenvalue weighted by molar-refractivity contribution is 5.98. The molecule has 0 unspecified atom stereocenters. The van der Waals surface area contributed by atoms with Crippen LogP contribution >= 0.6 is 0 Å². The molecule has 1 heterocycles. The minimum absolute atomic E-state index is 0.0266. The Morgan fingerprint density at radius 2 is 2.21 bits per heavy atom. The Balaban J connectivity index is 2.01. The van der Waals surface area contributed by atoms with Crippen molar-refractivity contribution in [3.8, 4) is 5.75 Å². The van der Waals surface area contributed by atoms with Crippen LogP contribution in [0.3, 0.4) is 0 Å². The maximum absolute atomic E-state index is 11.4. The first-order chi connectivity index (χ1) is 9.04. The van der Waals surface area contributed by atoms with Crippen LogP contribution in [0.15, 0.2) is 18.2 Å². The van der Waals surface area contributed by atoms with Crippen LogP contribution in [0.2, 0.25) is 0 Å². The van der Waals surface area contributed by atoms with E-state index in [1.54, 1.807) is 18.2 Å². The van der Waals surface area contributed by atoms with E-state index in [1.807, 2.05) is 0 Å². The molecule has 0 bridgehead atoms. The fraction of sp³-hybridized carbons (Fsp3) is 0.182. The van der Waals surface area contributed by atoms with Crippen molar-refractivity contribution in [2.75, 3.05) is 23.8 Å². The lowest BCUT2D eigenvalue weighted by Gasteiger charge is -2.18. The molecule has 2 rings (SSSR count). The van der Waals surface area contributed by atoms with Crippen molar-refractivity contribution in [1.82, 2.24) is 5.32 Å². The van der Waals surface area contributed by atoms with Crippen molar-refractivity contribution in [3.63, 3.8) is 0 Å². The van der Waals surface area contributed by atoms with E-state index in [4.69, 9.17) is 10.5 Å². The molecule has 100 valence electrons. The zero-order chi connectivity index (χ0) is 13.8. The fourth-order valence-corrected chi connectivity index (χ4v) is 1.53. The summed E-state index contributed by atoms with van der Waals surface area (Å²) in [6.45, 7) is -0.253. The van der Waals surface area contributed by atoms with Gasteiger partial charge in [0.2, 0.25) is 5.91 Å². The molecule has 19 heavy (non-hydrogen) atoms. The summed E-state index contributed by atoms with van der Waals surface area (Å²) in [6, 6.07) is 4.04. The largest absolute Gasteiger partial charge is 0.482 e. The Hall–Kier alpha value is -2.77. The van der Waals surface area contributed by atoms with Gasteiger partial charge in [0, 0.05) is 5.69 Å². The third-order valence-corrected chi connectivity index (χ3v) is 2.32. The molecule has 8 nitrogen and oxygen atoms in total. The molecule has 0 atom stereocenters. The second kappa shape index (κ2) is 5.25. The van der Waals surface area contributed by atoms with Gasteiger partial charge in [0.15, 0.2) is 6.61 Å². The summed E-state index contributed by atoms with van der Waals surface area (Å²) in [5, 5.41) is 7.33. The Morgan fingerprint density at radius 1 is 1.42 bits per heavy atom. The lowest BCUT2D eigenvalue weighted by molar-refractivity contribution is -0.118. The van der Waals surface area contributed by atoms with Crippen LogP contribution in [-0.2, 0) is 9.59 Å². The van der Waals surface area contributed by atoms with Crippen LogP contribution in [0.5, 0.6) is 5.75 Å². The number of hydrogen-bond donors (Lipinski definition) is 4. The molecule has 1 aliphatic rings.